The third-order valence-electron chi connectivity index (χ3n) is 5.81. The SMILES string of the molecule is CCC(C)c1ccc(C)n2ncc(Cc3ccc(-c4ccccc4C#N)cc3)c12. The fourth-order valence-corrected chi connectivity index (χ4v) is 3.92. The van der Waals surface area contributed by atoms with Gasteiger partial charge in [-0.25, -0.2) is 4.52 Å². The van der Waals surface area contributed by atoms with E-state index < -0.39 is 0 Å². The Kier molecular flexibility index (Phi) is 5.18. The van der Waals surface area contributed by atoms with Crippen LogP contribution in [0.2, 0.25) is 0 Å². The van der Waals surface area contributed by atoms with E-state index in [2.05, 4.69) is 72.9 Å². The van der Waals surface area contributed by atoms with Crippen molar-refractivity contribution in [1.82, 2.24) is 9.61 Å². The lowest BCUT2D eigenvalue weighted by molar-refractivity contribution is 0.730. The van der Waals surface area contributed by atoms with Gasteiger partial charge in [0.1, 0.15) is 0 Å². The number of rotatable bonds is 5. The number of nitrogens with zero attached hydrogens (tertiary/aromatic N) is 3. The molecule has 0 N–H and O–H groups in total. The second-order valence-corrected chi connectivity index (χ2v) is 7.70. The smallest absolute Gasteiger partial charge is 0.0998 e. The van der Waals surface area contributed by atoms with Crippen molar-refractivity contribution in [3.8, 4) is 17.2 Å². The number of pyridine rings is 1. The Morgan fingerprint density at radius 2 is 1.79 bits per heavy atom. The standard InChI is InChI=1S/C26H25N3/c1-4-18(2)24-14-9-19(3)29-26(24)23(17-28-29)15-20-10-12-21(13-11-20)25-8-6-5-7-22(25)16-27/h5-14,17-18H,4,15H2,1-3H3. The summed E-state index contributed by atoms with van der Waals surface area (Å²) in [7, 11) is 0. The van der Waals surface area contributed by atoms with Crippen molar-refractivity contribution in [2.24, 2.45) is 0 Å². The molecule has 4 rings (SSSR count). The zero-order valence-corrected chi connectivity index (χ0v) is 17.2. The number of aryl methyl sites for hydroxylation is 1. The maximum absolute atomic E-state index is 9.36. The normalized spacial score (nSPS) is 12.1. The fraction of sp³-hybridized carbons (Fsp3) is 0.231. The molecule has 2 aromatic carbocycles. The van der Waals surface area contributed by atoms with Gasteiger partial charge in [0.15, 0.2) is 0 Å². The summed E-state index contributed by atoms with van der Waals surface area (Å²) in [5, 5.41) is 14.0. The Balaban J connectivity index is 1.69. The van der Waals surface area contributed by atoms with E-state index in [-0.39, 0.29) is 0 Å². The fourth-order valence-electron chi connectivity index (χ4n) is 3.92. The summed E-state index contributed by atoms with van der Waals surface area (Å²) in [5.41, 5.74) is 9.03. The van der Waals surface area contributed by atoms with Crippen LogP contribution in [-0.4, -0.2) is 9.61 Å². The van der Waals surface area contributed by atoms with Crippen LogP contribution in [0.5, 0.6) is 0 Å². The zero-order valence-electron chi connectivity index (χ0n) is 17.2. The maximum atomic E-state index is 9.36. The molecule has 2 aromatic heterocycles. The van der Waals surface area contributed by atoms with E-state index in [0.717, 1.165) is 29.7 Å². The first-order valence-electron chi connectivity index (χ1n) is 10.2. The molecule has 0 bridgehead atoms. The Morgan fingerprint density at radius 1 is 1.03 bits per heavy atom. The number of benzene rings is 2. The van der Waals surface area contributed by atoms with Gasteiger partial charge in [0.2, 0.25) is 0 Å². The minimum atomic E-state index is 0.499. The van der Waals surface area contributed by atoms with Crippen molar-refractivity contribution in [2.45, 2.75) is 39.5 Å². The molecule has 1 unspecified atom stereocenters. The second-order valence-electron chi connectivity index (χ2n) is 7.70. The van der Waals surface area contributed by atoms with Gasteiger partial charge in [0.05, 0.1) is 23.3 Å². The molecule has 29 heavy (non-hydrogen) atoms. The molecule has 0 fully saturated rings. The van der Waals surface area contributed by atoms with Crippen LogP contribution in [0.4, 0.5) is 0 Å². The van der Waals surface area contributed by atoms with E-state index in [1.165, 1.54) is 22.2 Å². The minimum Gasteiger partial charge on any atom is -0.238 e. The summed E-state index contributed by atoms with van der Waals surface area (Å²) in [6.07, 6.45) is 3.96. The predicted molar refractivity (Wildman–Crippen MR) is 118 cm³/mol. The average molecular weight is 380 g/mol. The van der Waals surface area contributed by atoms with Gasteiger partial charge in [-0.05, 0) is 53.6 Å². The Labute approximate surface area is 172 Å². The van der Waals surface area contributed by atoms with Gasteiger partial charge in [-0.3, -0.25) is 0 Å². The average Bonchev–Trinajstić information content (AvgIpc) is 3.18. The van der Waals surface area contributed by atoms with Crippen LogP contribution in [-0.2, 0) is 6.42 Å². The monoisotopic (exact) mass is 379 g/mol. The molecule has 0 aliphatic rings. The Morgan fingerprint density at radius 3 is 2.52 bits per heavy atom. The number of fused-ring (bicyclic) bond motifs is 1. The molecular formula is C26H25N3. The lowest BCUT2D eigenvalue weighted by Gasteiger charge is -2.14. The highest BCUT2D eigenvalue weighted by molar-refractivity contribution is 5.71. The van der Waals surface area contributed by atoms with Crippen LogP contribution < -0.4 is 0 Å². The highest BCUT2D eigenvalue weighted by Gasteiger charge is 2.15. The number of hydrogen-bond donors (Lipinski definition) is 0. The second kappa shape index (κ2) is 7.93. The summed E-state index contributed by atoms with van der Waals surface area (Å²) in [6, 6.07) is 23.0. The van der Waals surface area contributed by atoms with E-state index in [0.29, 0.717) is 11.5 Å². The van der Waals surface area contributed by atoms with E-state index in [1.54, 1.807) is 0 Å². The van der Waals surface area contributed by atoms with E-state index in [4.69, 9.17) is 0 Å². The molecule has 144 valence electrons. The molecule has 4 aromatic rings. The van der Waals surface area contributed by atoms with Crippen molar-refractivity contribution in [3.63, 3.8) is 0 Å². The molecule has 2 heterocycles. The molecule has 0 radical (unpaired) electrons. The van der Waals surface area contributed by atoms with Crippen molar-refractivity contribution >= 4 is 5.52 Å². The maximum Gasteiger partial charge on any atom is 0.0998 e. The molecule has 0 saturated heterocycles. The highest BCUT2D eigenvalue weighted by atomic mass is 15.2. The number of hydrogen-bond acceptors (Lipinski definition) is 2. The van der Waals surface area contributed by atoms with Crippen molar-refractivity contribution < 1.29 is 0 Å². The van der Waals surface area contributed by atoms with Gasteiger partial charge in [0, 0.05) is 17.7 Å². The van der Waals surface area contributed by atoms with Gasteiger partial charge < -0.3 is 0 Å². The van der Waals surface area contributed by atoms with Crippen LogP contribution in [0, 0.1) is 18.3 Å². The van der Waals surface area contributed by atoms with Gasteiger partial charge in [-0.15, -0.1) is 0 Å². The lowest BCUT2D eigenvalue weighted by atomic mass is 9.94. The molecule has 3 nitrogen and oxygen atoms in total. The van der Waals surface area contributed by atoms with Crippen LogP contribution >= 0.6 is 0 Å². The van der Waals surface area contributed by atoms with Crippen LogP contribution in [0.15, 0.2) is 66.9 Å². The number of nitriles is 1. The number of aromatic nitrogens is 2. The van der Waals surface area contributed by atoms with Gasteiger partial charge in [-0.2, -0.15) is 10.4 Å². The largest absolute Gasteiger partial charge is 0.238 e. The van der Waals surface area contributed by atoms with Gasteiger partial charge in [-0.1, -0.05) is 62.4 Å². The summed E-state index contributed by atoms with van der Waals surface area (Å²) in [6.45, 7) is 6.61. The van der Waals surface area contributed by atoms with E-state index in [9.17, 15) is 5.26 Å². The molecule has 0 amide bonds. The van der Waals surface area contributed by atoms with Crippen LogP contribution in [0.3, 0.4) is 0 Å². The third-order valence-corrected chi connectivity index (χ3v) is 5.81. The predicted octanol–water partition coefficient (Wildman–Crippen LogP) is 6.29. The summed E-state index contributed by atoms with van der Waals surface area (Å²) in [4.78, 5) is 0. The molecule has 0 saturated carbocycles. The topological polar surface area (TPSA) is 41.1 Å². The minimum absolute atomic E-state index is 0.499. The van der Waals surface area contributed by atoms with Crippen molar-refractivity contribution in [2.75, 3.05) is 0 Å². The molecule has 3 heteroatoms. The molecule has 0 aliphatic heterocycles. The third kappa shape index (κ3) is 3.54. The quantitative estimate of drug-likeness (QED) is 0.409. The van der Waals surface area contributed by atoms with Crippen LogP contribution in [0.25, 0.3) is 16.6 Å². The lowest BCUT2D eigenvalue weighted by Crippen LogP contribution is -2.01. The molecule has 0 aliphatic carbocycles. The first-order valence-corrected chi connectivity index (χ1v) is 10.2. The van der Waals surface area contributed by atoms with Gasteiger partial charge >= 0.3 is 0 Å². The molecule has 0 spiro atoms. The van der Waals surface area contributed by atoms with Crippen LogP contribution in [0.1, 0.15) is 54.1 Å². The molecular weight excluding hydrogens is 354 g/mol. The van der Waals surface area contributed by atoms with Crippen molar-refractivity contribution in [1.29, 1.82) is 5.26 Å². The Bertz CT molecular complexity index is 1190. The zero-order chi connectivity index (χ0) is 20.4. The van der Waals surface area contributed by atoms with Crippen molar-refractivity contribution in [3.05, 3.63) is 94.8 Å². The Hall–Kier alpha value is -3.38. The van der Waals surface area contributed by atoms with Gasteiger partial charge in [0.25, 0.3) is 0 Å². The summed E-state index contributed by atoms with van der Waals surface area (Å²) >= 11 is 0. The molecule has 1 atom stereocenters. The first kappa shape index (κ1) is 19.0. The van der Waals surface area contributed by atoms with E-state index >= 15 is 0 Å². The highest BCUT2D eigenvalue weighted by Crippen LogP contribution is 2.29. The summed E-state index contributed by atoms with van der Waals surface area (Å²) < 4.78 is 2.08. The van der Waals surface area contributed by atoms with E-state index in [1.807, 2.05) is 30.5 Å². The first-order chi connectivity index (χ1) is 14.1. The summed E-state index contributed by atoms with van der Waals surface area (Å²) in [5.74, 6) is 0.499.